The molecule has 0 atom stereocenters. The number of ether oxygens (including phenoxy) is 1. The number of rotatable bonds is 5. The Kier molecular flexibility index (Phi) is 8.19. The first-order valence-corrected chi connectivity index (χ1v) is 13.8. The van der Waals surface area contributed by atoms with Gasteiger partial charge in [0.05, 0.1) is 18.7 Å². The van der Waals surface area contributed by atoms with E-state index < -0.39 is 31.5 Å². The standard InChI is InChI=1S/C19H29F3N2O2SSi/c1-18(2,3)26-17(25)23-11-14-9-8-13(10-15(14)19(20,21)22)16(27-4)24-12-28(5,6)7/h8-10H,11-12H2,1-7H3,(H,23,25)/b24-16-. The molecule has 9 heteroatoms. The number of thioether (sulfide) groups is 1. The number of halogens is 3. The van der Waals surface area contributed by atoms with Crippen LogP contribution >= 0.6 is 11.8 Å². The van der Waals surface area contributed by atoms with Crippen LogP contribution in [-0.4, -0.2) is 37.2 Å². The molecule has 4 nitrogen and oxygen atoms in total. The topological polar surface area (TPSA) is 50.7 Å². The third-order valence-electron chi connectivity index (χ3n) is 3.37. The highest BCUT2D eigenvalue weighted by Crippen LogP contribution is 2.33. The van der Waals surface area contributed by atoms with Crippen molar-refractivity contribution in [2.24, 2.45) is 4.99 Å². The van der Waals surface area contributed by atoms with E-state index in [0.29, 0.717) is 16.8 Å². The molecular formula is C19H29F3N2O2SSi. The first-order chi connectivity index (χ1) is 12.6. The molecular weight excluding hydrogens is 405 g/mol. The second kappa shape index (κ2) is 9.34. The van der Waals surface area contributed by atoms with Crippen LogP contribution in [0.2, 0.25) is 19.6 Å². The molecule has 1 aromatic carbocycles. The Hall–Kier alpha value is -1.48. The van der Waals surface area contributed by atoms with Crippen LogP contribution < -0.4 is 5.32 Å². The van der Waals surface area contributed by atoms with Gasteiger partial charge in [0.25, 0.3) is 0 Å². The molecule has 1 rings (SSSR count). The van der Waals surface area contributed by atoms with Gasteiger partial charge in [0.2, 0.25) is 0 Å². The van der Waals surface area contributed by atoms with Gasteiger partial charge in [-0.05, 0) is 38.7 Å². The Bertz CT molecular complexity index is 723. The summed E-state index contributed by atoms with van der Waals surface area (Å²) in [7, 11) is -1.46. The van der Waals surface area contributed by atoms with Crippen molar-refractivity contribution in [3.8, 4) is 0 Å². The van der Waals surface area contributed by atoms with Crippen LogP contribution in [0.4, 0.5) is 18.0 Å². The molecule has 28 heavy (non-hydrogen) atoms. The molecule has 1 N–H and O–H groups in total. The van der Waals surface area contributed by atoms with Crippen LogP contribution in [0, 0.1) is 0 Å². The van der Waals surface area contributed by atoms with Crippen LogP contribution in [0.1, 0.15) is 37.5 Å². The molecule has 0 aromatic heterocycles. The number of aliphatic imine (C=N–C) groups is 1. The summed E-state index contributed by atoms with van der Waals surface area (Å²) >= 11 is 1.33. The smallest absolute Gasteiger partial charge is 0.416 e. The lowest BCUT2D eigenvalue weighted by molar-refractivity contribution is -0.138. The fraction of sp³-hybridized carbons (Fsp3) is 0.579. The maximum atomic E-state index is 13.6. The van der Waals surface area contributed by atoms with E-state index in [0.717, 1.165) is 6.07 Å². The Morgan fingerprint density at radius 1 is 1.21 bits per heavy atom. The molecule has 0 aliphatic heterocycles. The van der Waals surface area contributed by atoms with Crippen molar-refractivity contribution in [2.75, 3.05) is 12.4 Å². The van der Waals surface area contributed by atoms with Crippen LogP contribution in [0.3, 0.4) is 0 Å². The Morgan fingerprint density at radius 3 is 2.29 bits per heavy atom. The van der Waals surface area contributed by atoms with Crippen molar-refractivity contribution in [1.29, 1.82) is 0 Å². The molecule has 0 aliphatic rings. The zero-order valence-corrected chi connectivity index (χ0v) is 19.3. The number of hydrogen-bond acceptors (Lipinski definition) is 4. The number of hydrogen-bond donors (Lipinski definition) is 1. The third-order valence-corrected chi connectivity index (χ3v) is 5.23. The fourth-order valence-corrected chi connectivity index (χ4v) is 3.50. The van der Waals surface area contributed by atoms with Crippen LogP contribution in [0.15, 0.2) is 23.2 Å². The summed E-state index contributed by atoms with van der Waals surface area (Å²) in [5.74, 6) is 0. The number of nitrogens with one attached hydrogen (secondary N) is 1. The van der Waals surface area contributed by atoms with Gasteiger partial charge in [0.1, 0.15) is 5.60 Å². The highest BCUT2D eigenvalue weighted by Gasteiger charge is 2.34. The molecule has 0 unspecified atom stereocenters. The summed E-state index contributed by atoms with van der Waals surface area (Å²) in [6, 6.07) is 4.10. The second-order valence-electron chi connectivity index (χ2n) is 8.61. The minimum Gasteiger partial charge on any atom is -0.444 e. The molecule has 0 spiro atoms. The van der Waals surface area contributed by atoms with Gasteiger partial charge in [-0.25, -0.2) is 4.79 Å². The molecule has 1 aromatic rings. The summed E-state index contributed by atoms with van der Waals surface area (Å²) in [6.07, 6.45) is -2.85. The number of carbonyl (C=O) groups excluding carboxylic acids is 1. The second-order valence-corrected chi connectivity index (χ2v) is 14.8. The minimum absolute atomic E-state index is 0.0206. The molecule has 0 saturated heterocycles. The molecule has 158 valence electrons. The zero-order valence-electron chi connectivity index (χ0n) is 17.5. The Morgan fingerprint density at radius 2 is 1.82 bits per heavy atom. The predicted octanol–water partition coefficient (Wildman–Crippen LogP) is 5.72. The van der Waals surface area contributed by atoms with Gasteiger partial charge < -0.3 is 10.1 Å². The average Bonchev–Trinajstić information content (AvgIpc) is 2.50. The van der Waals surface area contributed by atoms with E-state index in [1.54, 1.807) is 33.1 Å². The van der Waals surface area contributed by atoms with Gasteiger partial charge in [-0.15, -0.1) is 11.8 Å². The van der Waals surface area contributed by atoms with E-state index in [1.165, 1.54) is 17.8 Å². The van der Waals surface area contributed by atoms with Gasteiger partial charge in [-0.3, -0.25) is 4.99 Å². The quantitative estimate of drug-likeness (QED) is 0.366. The van der Waals surface area contributed by atoms with Gasteiger partial charge in [0.15, 0.2) is 0 Å². The molecule has 1 amide bonds. The van der Waals surface area contributed by atoms with E-state index in [-0.39, 0.29) is 12.1 Å². The number of benzene rings is 1. The maximum absolute atomic E-state index is 13.6. The largest absolute Gasteiger partial charge is 0.444 e. The van der Waals surface area contributed by atoms with E-state index >= 15 is 0 Å². The molecule has 0 fully saturated rings. The van der Waals surface area contributed by atoms with Crippen LogP contribution in [-0.2, 0) is 17.5 Å². The average molecular weight is 435 g/mol. The Labute approximate surface area is 170 Å². The Balaban J connectivity index is 3.13. The lowest BCUT2D eigenvalue weighted by atomic mass is 10.0. The highest BCUT2D eigenvalue weighted by molar-refractivity contribution is 8.13. The summed E-state index contributed by atoms with van der Waals surface area (Å²) in [5, 5.41) is 2.97. The van der Waals surface area contributed by atoms with Crippen LogP contribution in [0.25, 0.3) is 0 Å². The first kappa shape index (κ1) is 24.6. The van der Waals surface area contributed by atoms with Gasteiger partial charge in [-0.2, -0.15) is 13.2 Å². The SMILES string of the molecule is CS/C(=N\C[Si](C)(C)C)c1ccc(CNC(=O)OC(C)(C)C)c(C(F)(F)F)c1. The van der Waals surface area contributed by atoms with E-state index in [9.17, 15) is 18.0 Å². The van der Waals surface area contributed by atoms with Crippen molar-refractivity contribution < 1.29 is 22.7 Å². The number of amides is 1. The molecule has 0 saturated carbocycles. The monoisotopic (exact) mass is 434 g/mol. The fourth-order valence-electron chi connectivity index (χ4n) is 2.19. The van der Waals surface area contributed by atoms with Crippen molar-refractivity contribution in [3.63, 3.8) is 0 Å². The maximum Gasteiger partial charge on any atom is 0.416 e. The van der Waals surface area contributed by atoms with Crippen molar-refractivity contribution in [1.82, 2.24) is 5.32 Å². The first-order valence-electron chi connectivity index (χ1n) is 8.88. The number of nitrogens with zero attached hydrogens (tertiary/aromatic N) is 1. The van der Waals surface area contributed by atoms with Crippen molar-refractivity contribution in [3.05, 3.63) is 34.9 Å². The number of alkyl halides is 3. The highest BCUT2D eigenvalue weighted by atomic mass is 32.2. The van der Waals surface area contributed by atoms with Crippen molar-refractivity contribution in [2.45, 2.75) is 58.7 Å². The summed E-state index contributed by atoms with van der Waals surface area (Å²) in [5.41, 5.74) is -1.09. The predicted molar refractivity (Wildman–Crippen MR) is 113 cm³/mol. The minimum atomic E-state index is -4.54. The third kappa shape index (κ3) is 8.68. The summed E-state index contributed by atoms with van der Waals surface area (Å²) in [4.78, 5) is 16.3. The van der Waals surface area contributed by atoms with E-state index in [4.69, 9.17) is 4.74 Å². The van der Waals surface area contributed by atoms with Crippen LogP contribution in [0.5, 0.6) is 0 Å². The number of alkyl carbamates (subject to hydrolysis) is 1. The molecule has 0 heterocycles. The summed E-state index contributed by atoms with van der Waals surface area (Å²) < 4.78 is 45.8. The van der Waals surface area contributed by atoms with E-state index in [2.05, 4.69) is 30.0 Å². The normalized spacial score (nSPS) is 13.4. The number of carbonyl (C=O) groups is 1. The molecule has 0 radical (unpaired) electrons. The summed E-state index contributed by atoms with van der Waals surface area (Å²) in [6.45, 7) is 11.2. The van der Waals surface area contributed by atoms with Crippen molar-refractivity contribution >= 4 is 31.0 Å². The lowest BCUT2D eigenvalue weighted by Gasteiger charge is -2.20. The van der Waals surface area contributed by atoms with E-state index in [1.807, 2.05) is 0 Å². The zero-order chi connectivity index (χ0) is 21.8. The van der Waals surface area contributed by atoms with Gasteiger partial charge in [0, 0.05) is 18.3 Å². The van der Waals surface area contributed by atoms with Gasteiger partial charge >= 0.3 is 12.3 Å². The lowest BCUT2D eigenvalue weighted by Crippen LogP contribution is -2.32. The van der Waals surface area contributed by atoms with Gasteiger partial charge in [-0.1, -0.05) is 31.8 Å². The molecule has 0 bridgehead atoms. The molecule has 0 aliphatic carbocycles.